The number of carbonyl (C=O) groups excluding carboxylic acids is 1. The molecule has 6 heteroatoms. The Bertz CT molecular complexity index is 938. The van der Waals surface area contributed by atoms with Crippen molar-refractivity contribution in [1.29, 1.82) is 0 Å². The Hall–Kier alpha value is -2.34. The van der Waals surface area contributed by atoms with Crippen LogP contribution in [0, 0.1) is 26.7 Å². The van der Waals surface area contributed by atoms with Crippen molar-refractivity contribution in [3.05, 3.63) is 39.2 Å². The molecule has 1 aromatic heterocycles. The highest BCUT2D eigenvalue weighted by Gasteiger charge is 2.35. The maximum absolute atomic E-state index is 12.6. The predicted molar refractivity (Wildman–Crippen MR) is 103 cm³/mol. The minimum Gasteiger partial charge on any atom is -0.483 e. The molecule has 2 aromatic rings. The quantitative estimate of drug-likeness (QED) is 0.834. The number of nitrogens with zero attached hydrogens (tertiary/aromatic N) is 1. The summed E-state index contributed by atoms with van der Waals surface area (Å²) in [6.45, 7) is 10.1. The van der Waals surface area contributed by atoms with Gasteiger partial charge in [-0.25, -0.2) is 4.79 Å². The van der Waals surface area contributed by atoms with Gasteiger partial charge in [-0.05, 0) is 64.3 Å². The molecule has 6 nitrogen and oxygen atoms in total. The van der Waals surface area contributed by atoms with E-state index in [-0.39, 0.29) is 24.1 Å². The van der Waals surface area contributed by atoms with Crippen molar-refractivity contribution >= 4 is 16.9 Å². The third-order valence-electron chi connectivity index (χ3n) is 5.55. The topological polar surface area (TPSA) is 80.0 Å². The van der Waals surface area contributed by atoms with Gasteiger partial charge in [-0.3, -0.25) is 4.79 Å². The molecule has 1 unspecified atom stereocenters. The molecule has 0 spiro atoms. The second-order valence-corrected chi connectivity index (χ2v) is 8.04. The molecular weight excluding hydrogens is 346 g/mol. The van der Waals surface area contributed by atoms with Crippen LogP contribution in [0.4, 0.5) is 0 Å². The molecule has 1 N–H and O–H groups in total. The molecule has 1 saturated heterocycles. The van der Waals surface area contributed by atoms with Crippen molar-refractivity contribution < 1.29 is 19.1 Å². The van der Waals surface area contributed by atoms with Crippen LogP contribution in [0.25, 0.3) is 11.0 Å². The lowest BCUT2D eigenvalue weighted by Gasteiger charge is -2.25. The summed E-state index contributed by atoms with van der Waals surface area (Å²) in [4.78, 5) is 26.2. The van der Waals surface area contributed by atoms with Gasteiger partial charge in [0.1, 0.15) is 11.3 Å². The number of benzene rings is 1. The van der Waals surface area contributed by atoms with Gasteiger partial charge < -0.3 is 19.2 Å². The molecule has 0 radical (unpaired) electrons. The van der Waals surface area contributed by atoms with E-state index in [1.807, 2.05) is 19.9 Å². The summed E-state index contributed by atoms with van der Waals surface area (Å²) < 4.78 is 11.2. The Kier molecular flexibility index (Phi) is 5.04. The second-order valence-electron chi connectivity index (χ2n) is 8.04. The van der Waals surface area contributed by atoms with E-state index in [9.17, 15) is 14.7 Å². The Balaban J connectivity index is 1.80. The van der Waals surface area contributed by atoms with Crippen LogP contribution < -0.4 is 10.4 Å². The number of fused-ring (bicyclic) bond motifs is 1. The summed E-state index contributed by atoms with van der Waals surface area (Å²) in [6, 6.07) is 3.65. The van der Waals surface area contributed by atoms with Crippen LogP contribution in [0.3, 0.4) is 0 Å². The van der Waals surface area contributed by atoms with Gasteiger partial charge in [0.2, 0.25) is 0 Å². The van der Waals surface area contributed by atoms with Crippen molar-refractivity contribution in [3.63, 3.8) is 0 Å². The molecule has 1 atom stereocenters. The normalized spacial score (nSPS) is 17.6. The lowest BCUT2D eigenvalue weighted by atomic mass is 9.90. The largest absolute Gasteiger partial charge is 0.483 e. The molecule has 1 fully saturated rings. The summed E-state index contributed by atoms with van der Waals surface area (Å²) in [5.74, 6) is 0.504. The van der Waals surface area contributed by atoms with Gasteiger partial charge in [0, 0.05) is 24.6 Å². The maximum atomic E-state index is 12.6. The van der Waals surface area contributed by atoms with Crippen LogP contribution >= 0.6 is 0 Å². The summed E-state index contributed by atoms with van der Waals surface area (Å²) >= 11 is 0. The monoisotopic (exact) mass is 373 g/mol. The highest BCUT2D eigenvalue weighted by molar-refractivity contribution is 5.88. The molecule has 0 aliphatic carbocycles. The number of likely N-dealkylation sites (tertiary alicyclic amines) is 1. The lowest BCUT2D eigenvalue weighted by molar-refractivity contribution is -0.132. The molecule has 1 aliphatic heterocycles. The number of rotatable bonds is 4. The average Bonchev–Trinajstić information content (AvgIpc) is 3.07. The Morgan fingerprint density at radius 2 is 2.00 bits per heavy atom. The highest BCUT2D eigenvalue weighted by Crippen LogP contribution is 2.31. The Morgan fingerprint density at radius 3 is 2.63 bits per heavy atom. The summed E-state index contributed by atoms with van der Waals surface area (Å²) in [5, 5.41) is 10.9. The second kappa shape index (κ2) is 7.00. The van der Waals surface area contributed by atoms with Crippen molar-refractivity contribution in [2.24, 2.45) is 5.92 Å². The zero-order chi connectivity index (χ0) is 19.9. The molecule has 1 aliphatic rings. The number of carbonyl (C=O) groups is 1. The fraction of sp³-hybridized carbons (Fsp3) is 0.524. The van der Waals surface area contributed by atoms with Crippen LogP contribution in [0.15, 0.2) is 21.3 Å². The van der Waals surface area contributed by atoms with Gasteiger partial charge in [-0.2, -0.15) is 0 Å². The zero-order valence-corrected chi connectivity index (χ0v) is 16.6. The van der Waals surface area contributed by atoms with Gasteiger partial charge >= 0.3 is 5.63 Å². The van der Waals surface area contributed by atoms with Gasteiger partial charge in [0.25, 0.3) is 5.91 Å². The minimum atomic E-state index is -0.797. The third-order valence-corrected chi connectivity index (χ3v) is 5.55. The molecular formula is C21H27NO5. The lowest BCUT2D eigenvalue weighted by Crippen LogP contribution is -2.37. The molecule has 0 saturated carbocycles. The maximum Gasteiger partial charge on any atom is 0.339 e. The van der Waals surface area contributed by atoms with E-state index >= 15 is 0 Å². The molecule has 146 valence electrons. The number of hydrogen-bond acceptors (Lipinski definition) is 5. The van der Waals surface area contributed by atoms with Crippen molar-refractivity contribution in [2.45, 2.75) is 46.6 Å². The summed E-state index contributed by atoms with van der Waals surface area (Å²) in [5.41, 5.74) is 1.53. The number of hydrogen-bond donors (Lipinski definition) is 1. The van der Waals surface area contributed by atoms with Crippen LogP contribution in [-0.4, -0.2) is 41.2 Å². The van der Waals surface area contributed by atoms with E-state index in [4.69, 9.17) is 9.15 Å². The van der Waals surface area contributed by atoms with E-state index in [2.05, 4.69) is 0 Å². The standard InChI is InChI=1S/C21H27NO5/c1-12-8-16(19-13(2)14(3)20(24)27-17(19)9-12)26-11-18(23)22-7-6-15(10-22)21(4,5)25/h8-9,15,25H,6-7,10-11H2,1-5H3. The van der Waals surface area contributed by atoms with E-state index in [0.29, 0.717) is 30.0 Å². The van der Waals surface area contributed by atoms with E-state index in [1.54, 1.807) is 31.7 Å². The van der Waals surface area contributed by atoms with Crippen LogP contribution in [0.1, 0.15) is 37.0 Å². The van der Waals surface area contributed by atoms with Gasteiger partial charge in [-0.15, -0.1) is 0 Å². The molecule has 1 aromatic carbocycles. The number of amides is 1. The van der Waals surface area contributed by atoms with Gasteiger partial charge in [-0.1, -0.05) is 0 Å². The molecule has 3 rings (SSSR count). The first-order valence-corrected chi connectivity index (χ1v) is 9.25. The fourth-order valence-electron chi connectivity index (χ4n) is 3.60. The first-order chi connectivity index (χ1) is 12.6. The van der Waals surface area contributed by atoms with Crippen LogP contribution in [0.5, 0.6) is 5.75 Å². The minimum absolute atomic E-state index is 0.0698. The van der Waals surface area contributed by atoms with Gasteiger partial charge in [0.15, 0.2) is 6.61 Å². The Labute approximate surface area is 158 Å². The average molecular weight is 373 g/mol. The van der Waals surface area contributed by atoms with E-state index in [0.717, 1.165) is 22.9 Å². The molecule has 2 heterocycles. The smallest absolute Gasteiger partial charge is 0.339 e. The SMILES string of the molecule is Cc1cc(OCC(=O)N2CCC(C(C)(C)O)C2)c2c(C)c(C)c(=O)oc2c1. The zero-order valence-electron chi connectivity index (χ0n) is 16.6. The molecule has 0 bridgehead atoms. The van der Waals surface area contributed by atoms with Crippen molar-refractivity contribution in [1.82, 2.24) is 4.90 Å². The van der Waals surface area contributed by atoms with E-state index < -0.39 is 5.60 Å². The Morgan fingerprint density at radius 1 is 1.30 bits per heavy atom. The fourth-order valence-corrected chi connectivity index (χ4v) is 3.60. The van der Waals surface area contributed by atoms with Crippen molar-refractivity contribution in [2.75, 3.05) is 19.7 Å². The summed E-state index contributed by atoms with van der Waals surface area (Å²) in [7, 11) is 0. The molecule has 1 amide bonds. The predicted octanol–water partition coefficient (Wildman–Crippen LogP) is 2.72. The summed E-state index contributed by atoms with van der Waals surface area (Å²) in [6.07, 6.45) is 0.784. The third kappa shape index (κ3) is 3.86. The number of ether oxygens (including phenoxy) is 1. The van der Waals surface area contributed by atoms with Crippen LogP contribution in [0.2, 0.25) is 0 Å². The highest BCUT2D eigenvalue weighted by atomic mass is 16.5. The molecule has 27 heavy (non-hydrogen) atoms. The van der Waals surface area contributed by atoms with Crippen LogP contribution in [-0.2, 0) is 4.79 Å². The van der Waals surface area contributed by atoms with Crippen molar-refractivity contribution in [3.8, 4) is 5.75 Å². The first kappa shape index (κ1) is 19.4. The van der Waals surface area contributed by atoms with Gasteiger partial charge in [0.05, 0.1) is 11.0 Å². The number of aryl methyl sites for hydroxylation is 2. The number of aliphatic hydroxyl groups is 1. The first-order valence-electron chi connectivity index (χ1n) is 9.25. The van der Waals surface area contributed by atoms with E-state index in [1.165, 1.54) is 0 Å².